The molecule has 23 heavy (non-hydrogen) atoms. The molecule has 1 saturated carbocycles. The second-order valence-corrected chi connectivity index (χ2v) is 6.14. The summed E-state index contributed by atoms with van der Waals surface area (Å²) in [5, 5.41) is 3.04. The van der Waals surface area contributed by atoms with E-state index in [9.17, 15) is 18.0 Å². The third-order valence-corrected chi connectivity index (χ3v) is 4.53. The van der Waals surface area contributed by atoms with Crippen molar-refractivity contribution in [3.05, 3.63) is 18.0 Å². The molecule has 0 bridgehead atoms. The molecule has 1 aromatic heterocycles. The van der Waals surface area contributed by atoms with E-state index in [1.54, 1.807) is 4.90 Å². The molecule has 8 heteroatoms. The molecule has 0 aromatic carbocycles. The lowest BCUT2D eigenvalue weighted by atomic mass is 9.84. The van der Waals surface area contributed by atoms with Crippen LogP contribution < -0.4 is 10.2 Å². The summed E-state index contributed by atoms with van der Waals surface area (Å²) in [6, 6.07) is 0.958. The Morgan fingerprint density at radius 2 is 1.91 bits per heavy atom. The SMILES string of the molecule is O=C(NC1CCN(c2nccc(C(F)(F)F)n2)CC1)C1CCC1. The fraction of sp³-hybridized carbons (Fsp3) is 0.667. The molecular formula is C15H19F3N4O. The van der Waals surface area contributed by atoms with Crippen molar-refractivity contribution in [3.8, 4) is 0 Å². The predicted octanol–water partition coefficient (Wildman–Crippen LogP) is 2.38. The molecule has 5 nitrogen and oxygen atoms in total. The maximum atomic E-state index is 12.7. The number of alkyl halides is 3. The molecule has 3 rings (SSSR count). The quantitative estimate of drug-likeness (QED) is 0.925. The van der Waals surface area contributed by atoms with Gasteiger partial charge in [-0.3, -0.25) is 4.79 Å². The van der Waals surface area contributed by atoms with E-state index in [4.69, 9.17) is 0 Å². The van der Waals surface area contributed by atoms with Gasteiger partial charge in [0.1, 0.15) is 5.69 Å². The normalized spacial score (nSPS) is 20.2. The monoisotopic (exact) mass is 328 g/mol. The van der Waals surface area contributed by atoms with Crippen LogP contribution in [0.4, 0.5) is 19.1 Å². The Labute approximate surface area is 132 Å². The Hall–Kier alpha value is -1.86. The van der Waals surface area contributed by atoms with Gasteiger partial charge in [-0.1, -0.05) is 6.42 Å². The number of rotatable bonds is 3. The van der Waals surface area contributed by atoms with E-state index in [2.05, 4.69) is 15.3 Å². The fourth-order valence-corrected chi connectivity index (χ4v) is 2.87. The van der Waals surface area contributed by atoms with Crippen LogP contribution in [-0.4, -0.2) is 35.0 Å². The summed E-state index contributed by atoms with van der Waals surface area (Å²) >= 11 is 0. The minimum atomic E-state index is -4.47. The second kappa shape index (κ2) is 6.33. The van der Waals surface area contributed by atoms with Crippen molar-refractivity contribution in [3.63, 3.8) is 0 Å². The zero-order valence-corrected chi connectivity index (χ0v) is 12.6. The average Bonchev–Trinajstić information content (AvgIpc) is 2.45. The lowest BCUT2D eigenvalue weighted by molar-refractivity contribution is -0.141. The molecule has 2 aliphatic rings. The predicted molar refractivity (Wildman–Crippen MR) is 77.8 cm³/mol. The topological polar surface area (TPSA) is 58.1 Å². The third-order valence-electron chi connectivity index (χ3n) is 4.53. The minimum absolute atomic E-state index is 0.0881. The number of carbonyl (C=O) groups is 1. The molecule has 1 aliphatic carbocycles. The van der Waals surface area contributed by atoms with Crippen LogP contribution in [0.5, 0.6) is 0 Å². The summed E-state index contributed by atoms with van der Waals surface area (Å²) in [5.74, 6) is 0.369. The Morgan fingerprint density at radius 1 is 1.22 bits per heavy atom. The van der Waals surface area contributed by atoms with E-state index >= 15 is 0 Å². The van der Waals surface area contributed by atoms with Gasteiger partial charge in [0.05, 0.1) is 0 Å². The molecule has 0 spiro atoms. The van der Waals surface area contributed by atoms with Crippen LogP contribution in [0.25, 0.3) is 0 Å². The van der Waals surface area contributed by atoms with E-state index in [0.717, 1.165) is 31.5 Å². The number of anilines is 1. The summed E-state index contributed by atoms with van der Waals surface area (Å²) in [4.78, 5) is 21.2. The molecule has 2 heterocycles. The number of hydrogen-bond donors (Lipinski definition) is 1. The first-order valence-corrected chi connectivity index (χ1v) is 7.89. The van der Waals surface area contributed by atoms with Crippen LogP contribution in [0.3, 0.4) is 0 Å². The van der Waals surface area contributed by atoms with Crippen molar-refractivity contribution in [2.24, 2.45) is 5.92 Å². The van der Waals surface area contributed by atoms with Gasteiger partial charge in [-0.05, 0) is 31.7 Å². The van der Waals surface area contributed by atoms with Crippen molar-refractivity contribution in [1.82, 2.24) is 15.3 Å². The molecule has 1 aliphatic heterocycles. The van der Waals surface area contributed by atoms with Crippen molar-refractivity contribution < 1.29 is 18.0 Å². The number of nitrogens with one attached hydrogen (secondary N) is 1. The highest BCUT2D eigenvalue weighted by molar-refractivity contribution is 5.79. The maximum Gasteiger partial charge on any atom is 0.433 e. The third kappa shape index (κ3) is 3.73. The molecule has 0 atom stereocenters. The first-order chi connectivity index (χ1) is 10.9. The van der Waals surface area contributed by atoms with Gasteiger partial charge < -0.3 is 10.2 Å². The van der Waals surface area contributed by atoms with Crippen LogP contribution in [0.2, 0.25) is 0 Å². The van der Waals surface area contributed by atoms with E-state index in [1.165, 1.54) is 0 Å². The number of carbonyl (C=O) groups excluding carboxylic acids is 1. The van der Waals surface area contributed by atoms with E-state index in [1.807, 2.05) is 0 Å². The number of piperidine rings is 1. The molecule has 126 valence electrons. The first kappa shape index (κ1) is 16.0. The molecule has 1 saturated heterocycles. The second-order valence-electron chi connectivity index (χ2n) is 6.14. The number of nitrogens with zero attached hydrogens (tertiary/aromatic N) is 3. The molecular weight excluding hydrogens is 309 g/mol. The number of amides is 1. The van der Waals surface area contributed by atoms with Gasteiger partial charge in [-0.25, -0.2) is 9.97 Å². The molecule has 0 unspecified atom stereocenters. The molecule has 1 aromatic rings. The van der Waals surface area contributed by atoms with E-state index in [-0.39, 0.29) is 23.8 Å². The number of aromatic nitrogens is 2. The summed E-state index contributed by atoms with van der Waals surface area (Å²) in [5.41, 5.74) is -0.928. The highest BCUT2D eigenvalue weighted by atomic mass is 19.4. The lowest BCUT2D eigenvalue weighted by Gasteiger charge is -2.34. The van der Waals surface area contributed by atoms with Gasteiger partial charge >= 0.3 is 6.18 Å². The van der Waals surface area contributed by atoms with Crippen molar-refractivity contribution >= 4 is 11.9 Å². The Balaban J connectivity index is 1.55. The van der Waals surface area contributed by atoms with Gasteiger partial charge in [0.2, 0.25) is 11.9 Å². The van der Waals surface area contributed by atoms with E-state index in [0.29, 0.717) is 25.9 Å². The summed E-state index contributed by atoms with van der Waals surface area (Å²) < 4.78 is 38.1. The summed E-state index contributed by atoms with van der Waals surface area (Å²) in [6.07, 6.45) is 1.09. The van der Waals surface area contributed by atoms with Crippen molar-refractivity contribution in [2.75, 3.05) is 18.0 Å². The Bertz CT molecular complexity index is 566. The molecule has 1 amide bonds. The molecule has 1 N–H and O–H groups in total. The Morgan fingerprint density at radius 3 is 2.48 bits per heavy atom. The van der Waals surface area contributed by atoms with Crippen molar-refractivity contribution in [1.29, 1.82) is 0 Å². The van der Waals surface area contributed by atoms with Crippen LogP contribution in [0, 0.1) is 5.92 Å². The lowest BCUT2D eigenvalue weighted by Crippen LogP contribution is -2.47. The van der Waals surface area contributed by atoms with Gasteiger partial charge in [-0.2, -0.15) is 13.2 Å². The minimum Gasteiger partial charge on any atom is -0.353 e. The summed E-state index contributed by atoms with van der Waals surface area (Å²) in [6.45, 7) is 1.08. The molecule has 0 radical (unpaired) electrons. The zero-order chi connectivity index (χ0) is 16.4. The van der Waals surface area contributed by atoms with E-state index < -0.39 is 11.9 Å². The maximum absolute atomic E-state index is 12.7. The van der Waals surface area contributed by atoms with Gasteiger partial charge in [0, 0.05) is 31.2 Å². The smallest absolute Gasteiger partial charge is 0.353 e. The average molecular weight is 328 g/mol. The Kier molecular flexibility index (Phi) is 4.41. The highest BCUT2D eigenvalue weighted by Gasteiger charge is 2.34. The van der Waals surface area contributed by atoms with Crippen LogP contribution in [0.1, 0.15) is 37.8 Å². The van der Waals surface area contributed by atoms with Crippen LogP contribution in [0.15, 0.2) is 12.3 Å². The van der Waals surface area contributed by atoms with Crippen LogP contribution >= 0.6 is 0 Å². The van der Waals surface area contributed by atoms with Gasteiger partial charge in [-0.15, -0.1) is 0 Å². The van der Waals surface area contributed by atoms with Gasteiger partial charge in [0.25, 0.3) is 0 Å². The standard InChI is InChI=1S/C15H19F3N4O/c16-15(17,18)12-4-7-19-14(21-12)22-8-5-11(6-9-22)20-13(23)10-2-1-3-10/h4,7,10-11H,1-3,5-6,8-9H2,(H,20,23). The summed E-state index contributed by atoms with van der Waals surface area (Å²) in [7, 11) is 0. The highest BCUT2D eigenvalue weighted by Crippen LogP contribution is 2.29. The van der Waals surface area contributed by atoms with Crippen molar-refractivity contribution in [2.45, 2.75) is 44.3 Å². The molecule has 2 fully saturated rings. The van der Waals surface area contributed by atoms with Gasteiger partial charge in [0.15, 0.2) is 0 Å². The number of halogens is 3. The largest absolute Gasteiger partial charge is 0.433 e. The number of hydrogen-bond acceptors (Lipinski definition) is 4. The van der Waals surface area contributed by atoms with Crippen LogP contribution in [-0.2, 0) is 11.0 Å². The zero-order valence-electron chi connectivity index (χ0n) is 12.6. The first-order valence-electron chi connectivity index (χ1n) is 7.89. The fourth-order valence-electron chi connectivity index (χ4n) is 2.87.